The van der Waals surface area contributed by atoms with Crippen molar-refractivity contribution in [3.05, 3.63) is 53.6 Å². The molecule has 0 aliphatic rings. The fraction of sp³-hybridized carbons (Fsp3) is 0.294. The third kappa shape index (κ3) is 4.88. The summed E-state index contributed by atoms with van der Waals surface area (Å²) in [6, 6.07) is 8.65. The zero-order chi connectivity index (χ0) is 18.8. The second kappa shape index (κ2) is 6.95. The molecule has 0 amide bonds. The number of alkyl halides is 3. The Balaban J connectivity index is 2.46. The molecule has 4 nitrogen and oxygen atoms in total. The van der Waals surface area contributed by atoms with Crippen LogP contribution >= 0.6 is 0 Å². The van der Waals surface area contributed by atoms with E-state index in [1.165, 1.54) is 12.1 Å². The summed E-state index contributed by atoms with van der Waals surface area (Å²) >= 11 is 0. The van der Waals surface area contributed by atoms with Gasteiger partial charge in [0.2, 0.25) is 0 Å². The predicted octanol–water partition coefficient (Wildman–Crippen LogP) is 4.60. The Morgan fingerprint density at radius 1 is 1.04 bits per heavy atom. The topological polar surface area (TPSA) is 55.4 Å². The maximum absolute atomic E-state index is 12.9. The highest BCUT2D eigenvalue weighted by Gasteiger charge is 2.32. The molecule has 25 heavy (non-hydrogen) atoms. The highest BCUT2D eigenvalue weighted by molar-refractivity contribution is 7.92. The standard InChI is InChI=1S/C17H18F3NO3S/c1-11(2)24-16-9-6-13(17(18,19)20)10-15(16)21-25(22,23)14-7-4-12(3)5-8-14/h4-11,21H,1-3H3. The smallest absolute Gasteiger partial charge is 0.416 e. The van der Waals surface area contributed by atoms with Crippen molar-refractivity contribution < 1.29 is 26.3 Å². The molecule has 0 unspecified atom stereocenters. The number of anilines is 1. The van der Waals surface area contributed by atoms with Gasteiger partial charge in [-0.05, 0) is 51.1 Å². The predicted molar refractivity (Wildman–Crippen MR) is 89.2 cm³/mol. The van der Waals surface area contributed by atoms with E-state index in [4.69, 9.17) is 4.74 Å². The molecule has 0 heterocycles. The minimum atomic E-state index is -4.60. The van der Waals surface area contributed by atoms with Crippen molar-refractivity contribution in [2.24, 2.45) is 0 Å². The second-order valence-corrected chi connectivity index (χ2v) is 7.48. The van der Waals surface area contributed by atoms with Gasteiger partial charge in [-0.3, -0.25) is 4.72 Å². The van der Waals surface area contributed by atoms with Gasteiger partial charge < -0.3 is 4.74 Å². The van der Waals surface area contributed by atoms with Crippen LogP contribution in [0.2, 0.25) is 0 Å². The molecular formula is C17H18F3NO3S. The summed E-state index contributed by atoms with van der Waals surface area (Å²) in [5, 5.41) is 0. The van der Waals surface area contributed by atoms with Gasteiger partial charge >= 0.3 is 6.18 Å². The molecule has 2 aromatic carbocycles. The van der Waals surface area contributed by atoms with E-state index in [2.05, 4.69) is 4.72 Å². The molecule has 0 radical (unpaired) electrons. The Morgan fingerprint density at radius 3 is 2.16 bits per heavy atom. The maximum atomic E-state index is 12.9. The molecule has 0 fully saturated rings. The van der Waals surface area contributed by atoms with Gasteiger partial charge in [-0.25, -0.2) is 8.42 Å². The van der Waals surface area contributed by atoms with E-state index >= 15 is 0 Å². The number of nitrogens with one attached hydrogen (secondary N) is 1. The summed E-state index contributed by atoms with van der Waals surface area (Å²) in [6.07, 6.45) is -4.93. The molecule has 2 rings (SSSR count). The molecule has 0 spiro atoms. The van der Waals surface area contributed by atoms with E-state index in [0.29, 0.717) is 0 Å². The number of sulfonamides is 1. The SMILES string of the molecule is Cc1ccc(S(=O)(=O)Nc2cc(C(F)(F)F)ccc2OC(C)C)cc1. The maximum Gasteiger partial charge on any atom is 0.416 e. The summed E-state index contributed by atoms with van der Waals surface area (Å²) in [5.74, 6) is 0.0266. The molecule has 0 bridgehead atoms. The molecule has 0 atom stereocenters. The fourth-order valence-corrected chi connectivity index (χ4v) is 3.13. The minimum absolute atomic E-state index is 0.0266. The summed E-state index contributed by atoms with van der Waals surface area (Å²) < 4.78 is 71.4. The van der Waals surface area contributed by atoms with Crippen LogP contribution in [0.15, 0.2) is 47.4 Å². The third-order valence-corrected chi connectivity index (χ3v) is 4.63. The van der Waals surface area contributed by atoms with Crippen LogP contribution in [0.3, 0.4) is 0 Å². The highest BCUT2D eigenvalue weighted by atomic mass is 32.2. The molecule has 0 aliphatic heterocycles. The summed E-state index contributed by atoms with van der Waals surface area (Å²) in [5.41, 5.74) is -0.365. The third-order valence-electron chi connectivity index (χ3n) is 3.25. The van der Waals surface area contributed by atoms with Crippen LogP contribution in [-0.2, 0) is 16.2 Å². The summed E-state index contributed by atoms with van der Waals surface area (Å²) in [7, 11) is -4.05. The lowest BCUT2D eigenvalue weighted by molar-refractivity contribution is -0.137. The van der Waals surface area contributed by atoms with Gasteiger partial charge in [0.1, 0.15) is 5.75 Å². The molecular weight excluding hydrogens is 355 g/mol. The van der Waals surface area contributed by atoms with E-state index in [-0.39, 0.29) is 22.4 Å². The van der Waals surface area contributed by atoms with Crippen LogP contribution in [0.4, 0.5) is 18.9 Å². The Bertz CT molecular complexity index is 844. The van der Waals surface area contributed by atoms with Crippen LogP contribution in [0.5, 0.6) is 5.75 Å². The van der Waals surface area contributed by atoms with Gasteiger partial charge in [0.15, 0.2) is 0 Å². The number of rotatable bonds is 5. The normalized spacial score (nSPS) is 12.3. The lowest BCUT2D eigenvalue weighted by Gasteiger charge is -2.18. The first-order valence-electron chi connectivity index (χ1n) is 7.46. The van der Waals surface area contributed by atoms with E-state index < -0.39 is 21.8 Å². The van der Waals surface area contributed by atoms with Crippen molar-refractivity contribution in [3.8, 4) is 5.75 Å². The molecule has 8 heteroatoms. The van der Waals surface area contributed by atoms with Gasteiger partial charge in [0.05, 0.1) is 22.3 Å². The van der Waals surface area contributed by atoms with Gasteiger partial charge in [-0.2, -0.15) is 13.2 Å². The first-order valence-corrected chi connectivity index (χ1v) is 8.95. The molecule has 0 saturated heterocycles. The van der Waals surface area contributed by atoms with Crippen molar-refractivity contribution in [1.82, 2.24) is 0 Å². The zero-order valence-electron chi connectivity index (χ0n) is 13.9. The van der Waals surface area contributed by atoms with Gasteiger partial charge in [-0.15, -0.1) is 0 Å². The lowest BCUT2D eigenvalue weighted by Crippen LogP contribution is -2.16. The number of aryl methyl sites for hydroxylation is 1. The minimum Gasteiger partial charge on any atom is -0.489 e. The lowest BCUT2D eigenvalue weighted by atomic mass is 10.2. The van der Waals surface area contributed by atoms with Crippen molar-refractivity contribution in [2.45, 2.75) is 37.9 Å². The van der Waals surface area contributed by atoms with Crippen LogP contribution in [0.25, 0.3) is 0 Å². The number of ether oxygens (including phenoxy) is 1. The van der Waals surface area contributed by atoms with Crippen molar-refractivity contribution in [1.29, 1.82) is 0 Å². The molecule has 0 aliphatic carbocycles. The number of benzene rings is 2. The molecule has 2 aromatic rings. The number of hydrogen-bond donors (Lipinski definition) is 1. The number of halogens is 3. The van der Waals surface area contributed by atoms with Crippen molar-refractivity contribution >= 4 is 15.7 Å². The average molecular weight is 373 g/mol. The van der Waals surface area contributed by atoms with Crippen molar-refractivity contribution in [3.63, 3.8) is 0 Å². The van der Waals surface area contributed by atoms with Crippen LogP contribution in [-0.4, -0.2) is 14.5 Å². The molecule has 0 saturated carbocycles. The number of hydrogen-bond acceptors (Lipinski definition) is 3. The Morgan fingerprint density at radius 2 is 1.64 bits per heavy atom. The summed E-state index contributed by atoms with van der Waals surface area (Å²) in [6.45, 7) is 5.18. The van der Waals surface area contributed by atoms with E-state index in [0.717, 1.165) is 23.8 Å². The fourth-order valence-electron chi connectivity index (χ4n) is 2.06. The molecule has 136 valence electrons. The zero-order valence-corrected chi connectivity index (χ0v) is 14.7. The van der Waals surface area contributed by atoms with Crippen LogP contribution in [0, 0.1) is 6.92 Å². The van der Waals surface area contributed by atoms with Gasteiger partial charge in [0.25, 0.3) is 10.0 Å². The van der Waals surface area contributed by atoms with E-state index in [1.54, 1.807) is 32.9 Å². The Hall–Kier alpha value is -2.22. The van der Waals surface area contributed by atoms with E-state index in [9.17, 15) is 21.6 Å². The Kier molecular flexibility index (Phi) is 5.31. The van der Waals surface area contributed by atoms with E-state index in [1.807, 2.05) is 0 Å². The average Bonchev–Trinajstić information content (AvgIpc) is 2.47. The first-order chi connectivity index (χ1) is 11.5. The second-order valence-electron chi connectivity index (χ2n) is 5.79. The Labute approximate surface area is 144 Å². The van der Waals surface area contributed by atoms with Crippen LogP contribution < -0.4 is 9.46 Å². The first kappa shape index (κ1) is 19.1. The molecule has 0 aromatic heterocycles. The highest BCUT2D eigenvalue weighted by Crippen LogP contribution is 2.36. The van der Waals surface area contributed by atoms with Gasteiger partial charge in [-0.1, -0.05) is 17.7 Å². The van der Waals surface area contributed by atoms with Crippen molar-refractivity contribution in [2.75, 3.05) is 4.72 Å². The van der Waals surface area contributed by atoms with Crippen LogP contribution in [0.1, 0.15) is 25.0 Å². The summed E-state index contributed by atoms with van der Waals surface area (Å²) in [4.78, 5) is -0.0500. The molecule has 1 N–H and O–H groups in total. The van der Waals surface area contributed by atoms with Gasteiger partial charge in [0, 0.05) is 0 Å². The largest absolute Gasteiger partial charge is 0.489 e. The monoisotopic (exact) mass is 373 g/mol. The quantitative estimate of drug-likeness (QED) is 0.833.